The van der Waals surface area contributed by atoms with E-state index in [0.717, 1.165) is 40.3 Å². The molecule has 0 spiro atoms. The van der Waals surface area contributed by atoms with Crippen molar-refractivity contribution in [3.8, 4) is 34.1 Å². The van der Waals surface area contributed by atoms with Crippen LogP contribution < -0.4 is 25.4 Å². The molecule has 4 aromatic rings. The van der Waals surface area contributed by atoms with Crippen molar-refractivity contribution in [2.45, 2.75) is 63.5 Å². The zero-order valence-electron chi connectivity index (χ0n) is 30.4. The van der Waals surface area contributed by atoms with E-state index in [1.807, 2.05) is 53.4 Å². The van der Waals surface area contributed by atoms with Crippen molar-refractivity contribution >= 4 is 29.3 Å². The molecule has 2 saturated heterocycles. The van der Waals surface area contributed by atoms with Crippen molar-refractivity contribution in [3.05, 3.63) is 87.4 Å². The molecule has 2 aromatic carbocycles. The number of carboxylic acids is 1. The number of carbonyl (C=O) groups is 2. The Morgan fingerprint density at radius 3 is 2.44 bits per heavy atom. The Kier molecular flexibility index (Phi) is 11.2. The number of methoxy groups -OCH3 is 2. The molecule has 11 nitrogen and oxygen atoms in total. The number of amides is 1. The molecule has 0 saturated carbocycles. The highest BCUT2D eigenvalue weighted by atomic mass is 35.5. The number of carbonyl (C=O) groups excluding carboxylic acids is 1. The number of ether oxygens (including phenoxy) is 2. The van der Waals surface area contributed by atoms with Gasteiger partial charge < -0.3 is 30.5 Å². The first-order valence-corrected chi connectivity index (χ1v) is 18.6. The van der Waals surface area contributed by atoms with Crippen LogP contribution in [0, 0.1) is 5.92 Å². The molecule has 0 bridgehead atoms. The Balaban J connectivity index is 1.12. The first-order chi connectivity index (χ1) is 26.4. The first kappa shape index (κ1) is 38.4. The van der Waals surface area contributed by atoms with Gasteiger partial charge in [-0.05, 0) is 61.1 Å². The normalized spacial score (nSPS) is 19.7. The Bertz CT molecular complexity index is 2100. The summed E-state index contributed by atoms with van der Waals surface area (Å²) in [5.74, 6) is -1.23. The Labute approximate surface area is 321 Å². The topological polar surface area (TPSA) is 138 Å². The average molecular weight is 779 g/mol. The van der Waals surface area contributed by atoms with Crippen molar-refractivity contribution in [1.82, 2.24) is 25.5 Å². The summed E-state index contributed by atoms with van der Waals surface area (Å²) in [6.07, 6.45) is -1.81. The summed E-state index contributed by atoms with van der Waals surface area (Å²) in [5, 5.41) is 19.3. The van der Waals surface area contributed by atoms with Crippen molar-refractivity contribution < 1.29 is 37.3 Å². The number of aliphatic carboxylic acids is 1. The molecule has 2 aromatic heterocycles. The summed E-state index contributed by atoms with van der Waals surface area (Å²) < 4.78 is 54.8. The lowest BCUT2D eigenvalue weighted by Crippen LogP contribution is -2.35. The van der Waals surface area contributed by atoms with Gasteiger partial charge in [0.15, 0.2) is 0 Å². The number of benzene rings is 2. The van der Waals surface area contributed by atoms with Crippen molar-refractivity contribution in [3.63, 3.8) is 0 Å². The van der Waals surface area contributed by atoms with E-state index in [4.69, 9.17) is 26.1 Å². The van der Waals surface area contributed by atoms with Crippen molar-refractivity contribution in [2.75, 3.05) is 39.2 Å². The third kappa shape index (κ3) is 8.21. The van der Waals surface area contributed by atoms with E-state index >= 15 is 0 Å². The number of carboxylic acid groups (broad SMARTS) is 1. The van der Waals surface area contributed by atoms with Gasteiger partial charge in [-0.15, -0.1) is 0 Å². The third-order valence-corrected chi connectivity index (χ3v) is 11.1. The molecule has 0 unspecified atom stereocenters. The number of aromatic nitrogens is 2. The number of fused-ring (bicyclic) bond motifs is 1. The van der Waals surface area contributed by atoms with Gasteiger partial charge in [-0.25, -0.2) is 4.98 Å². The highest BCUT2D eigenvalue weighted by molar-refractivity contribution is 6.36. The number of halogens is 4. The second kappa shape index (κ2) is 16.0. The molecule has 2 fully saturated rings. The molecule has 4 N–H and O–H groups in total. The van der Waals surface area contributed by atoms with Gasteiger partial charge in [-0.2, -0.15) is 18.2 Å². The number of anilines is 1. The van der Waals surface area contributed by atoms with Crippen LogP contribution in [-0.2, 0) is 35.3 Å². The standard InChI is InChI=1S/C40H42ClF3N6O5/c1-54-37-22(18-45-19-25-10-14-34(51)46-25)9-12-33(48-37)30-8-4-7-29(35(30)41)26-5-3-6-28-27(26)11-13-32(28)47-36-31(40(42,43)44)17-24(38(49-36)55-2)21-50-16-15-23(20-50)39(52)53/h3-9,12,17,23,25,32,45H,10-11,13-16,18-21H2,1-2H3,(H,46,51)(H,47,49)(H,52,53)/t23-,25+,32+/m1/s1. The van der Waals surface area contributed by atoms with E-state index in [-0.39, 0.29) is 42.3 Å². The molecule has 0 radical (unpaired) electrons. The predicted molar refractivity (Wildman–Crippen MR) is 201 cm³/mol. The highest BCUT2D eigenvalue weighted by Crippen LogP contribution is 2.45. The van der Waals surface area contributed by atoms with Crippen LogP contribution in [0.4, 0.5) is 19.0 Å². The minimum atomic E-state index is -4.71. The Morgan fingerprint density at radius 2 is 1.73 bits per heavy atom. The van der Waals surface area contributed by atoms with Gasteiger partial charge in [0.1, 0.15) is 5.82 Å². The molecule has 7 rings (SSSR count). The second-order valence-corrected chi connectivity index (χ2v) is 14.6. The lowest BCUT2D eigenvalue weighted by molar-refractivity contribution is -0.141. The Hall–Kier alpha value is -4.92. The molecule has 3 atom stereocenters. The van der Waals surface area contributed by atoms with Gasteiger partial charge in [-0.1, -0.05) is 54.1 Å². The number of likely N-dealkylation sites (tertiary alicyclic amines) is 1. The number of rotatable bonds is 13. The lowest BCUT2D eigenvalue weighted by atomic mass is 9.94. The van der Waals surface area contributed by atoms with Crippen LogP contribution in [-0.4, -0.2) is 71.7 Å². The van der Waals surface area contributed by atoms with Crippen molar-refractivity contribution in [2.24, 2.45) is 5.92 Å². The zero-order valence-corrected chi connectivity index (χ0v) is 31.2. The van der Waals surface area contributed by atoms with E-state index in [2.05, 4.69) is 20.9 Å². The third-order valence-electron chi connectivity index (χ3n) is 10.6. The average Bonchev–Trinajstić information content (AvgIpc) is 3.92. The quantitative estimate of drug-likeness (QED) is 0.114. The fraction of sp³-hybridized carbons (Fsp3) is 0.400. The van der Waals surface area contributed by atoms with Gasteiger partial charge in [-0.3, -0.25) is 14.5 Å². The smallest absolute Gasteiger partial charge is 0.419 e. The van der Waals surface area contributed by atoms with Crippen LogP contribution in [0.1, 0.15) is 59.5 Å². The monoisotopic (exact) mass is 778 g/mol. The number of nitrogens with zero attached hydrogens (tertiary/aromatic N) is 3. The summed E-state index contributed by atoms with van der Waals surface area (Å²) >= 11 is 7.13. The van der Waals surface area contributed by atoms with Crippen LogP contribution in [0.3, 0.4) is 0 Å². The summed E-state index contributed by atoms with van der Waals surface area (Å²) in [6, 6.07) is 16.0. The molecular formula is C40H42ClF3N6O5. The van der Waals surface area contributed by atoms with E-state index in [1.165, 1.54) is 7.11 Å². The molecule has 1 amide bonds. The van der Waals surface area contributed by atoms with E-state index < -0.39 is 29.7 Å². The van der Waals surface area contributed by atoms with Gasteiger partial charge in [0.05, 0.1) is 42.5 Å². The maximum Gasteiger partial charge on any atom is 0.419 e. The predicted octanol–water partition coefficient (Wildman–Crippen LogP) is 6.87. The highest BCUT2D eigenvalue weighted by Gasteiger charge is 2.38. The lowest BCUT2D eigenvalue weighted by Gasteiger charge is -2.23. The number of hydrogen-bond acceptors (Lipinski definition) is 9. The van der Waals surface area contributed by atoms with Crippen LogP contribution >= 0.6 is 11.6 Å². The minimum absolute atomic E-state index is 0.0541. The van der Waals surface area contributed by atoms with Gasteiger partial charge in [0.2, 0.25) is 17.7 Å². The number of nitrogens with one attached hydrogen (secondary N) is 3. The first-order valence-electron chi connectivity index (χ1n) is 18.2. The molecular weight excluding hydrogens is 737 g/mol. The number of alkyl halides is 3. The molecule has 15 heteroatoms. The fourth-order valence-electron chi connectivity index (χ4n) is 7.87. The maximum absolute atomic E-state index is 14.6. The van der Waals surface area contributed by atoms with E-state index in [9.17, 15) is 27.9 Å². The van der Waals surface area contributed by atoms with Crippen LogP contribution in [0.5, 0.6) is 11.8 Å². The number of pyridine rings is 2. The minimum Gasteiger partial charge on any atom is -0.481 e. The summed E-state index contributed by atoms with van der Waals surface area (Å²) in [5.41, 5.74) is 4.99. The van der Waals surface area contributed by atoms with Crippen LogP contribution in [0.15, 0.2) is 54.6 Å². The van der Waals surface area contributed by atoms with E-state index in [1.54, 1.807) is 7.11 Å². The second-order valence-electron chi connectivity index (χ2n) is 14.2. The van der Waals surface area contributed by atoms with E-state index in [0.29, 0.717) is 67.5 Å². The van der Waals surface area contributed by atoms with Crippen LogP contribution in [0.25, 0.3) is 22.4 Å². The molecule has 3 aliphatic rings. The molecule has 55 heavy (non-hydrogen) atoms. The largest absolute Gasteiger partial charge is 0.481 e. The molecule has 4 heterocycles. The molecule has 1 aliphatic carbocycles. The Morgan fingerprint density at radius 1 is 0.982 bits per heavy atom. The van der Waals surface area contributed by atoms with Crippen LogP contribution in [0.2, 0.25) is 5.02 Å². The molecule has 290 valence electrons. The summed E-state index contributed by atoms with van der Waals surface area (Å²) in [6.45, 7) is 1.93. The van der Waals surface area contributed by atoms with Crippen molar-refractivity contribution in [1.29, 1.82) is 0 Å². The van der Waals surface area contributed by atoms with Gasteiger partial charge >= 0.3 is 12.1 Å². The SMILES string of the molecule is COc1nc(-c2cccc(-c3cccc4c3CC[C@@H]4Nc3nc(OC)c(CN4CC[C@@H](C(=O)O)C4)cc3C(F)(F)F)c2Cl)ccc1CNC[C@@H]1CCC(=O)N1. The van der Waals surface area contributed by atoms with Gasteiger partial charge in [0.25, 0.3) is 0 Å². The summed E-state index contributed by atoms with van der Waals surface area (Å²) in [7, 11) is 2.92. The fourth-order valence-corrected chi connectivity index (χ4v) is 8.20. The summed E-state index contributed by atoms with van der Waals surface area (Å²) in [4.78, 5) is 33.9. The molecule has 2 aliphatic heterocycles. The zero-order chi connectivity index (χ0) is 38.9. The maximum atomic E-state index is 14.6. The number of hydrogen-bond donors (Lipinski definition) is 4. The van der Waals surface area contributed by atoms with Gasteiger partial charge in [0, 0.05) is 60.9 Å².